The van der Waals surface area contributed by atoms with Crippen molar-refractivity contribution in [3.8, 4) is 5.75 Å². The van der Waals surface area contributed by atoms with Gasteiger partial charge in [-0.1, -0.05) is 6.07 Å². The normalized spacial score (nSPS) is 32.3. The Labute approximate surface area is 185 Å². The first-order chi connectivity index (χ1) is 14.8. The Bertz CT molecular complexity index is 850. The smallest absolute Gasteiger partial charge is 0.219 e. The SMILES string of the molecule is CC(=O)N1CCCCC1.COc1ccc2c(c1)[C@]13CCN(C)C(C2)C1(O)CCC(=O)C3. The Hall–Kier alpha value is -1.92. The van der Waals surface area contributed by atoms with E-state index in [2.05, 4.69) is 24.1 Å². The molecule has 4 aliphatic rings. The van der Waals surface area contributed by atoms with E-state index in [0.717, 1.165) is 43.8 Å². The number of nitrogens with zero attached hydrogens (tertiary/aromatic N) is 2. The molecule has 170 valence electrons. The summed E-state index contributed by atoms with van der Waals surface area (Å²) in [6, 6.07) is 6.26. The molecule has 3 atom stereocenters. The lowest BCUT2D eigenvalue weighted by Gasteiger charge is -2.62. The van der Waals surface area contributed by atoms with E-state index in [1.54, 1.807) is 14.0 Å². The van der Waals surface area contributed by atoms with Crippen LogP contribution in [0.1, 0.15) is 63.0 Å². The number of likely N-dealkylation sites (N-methyl/N-ethyl adjacent to an activating group) is 1. The molecule has 2 saturated heterocycles. The van der Waals surface area contributed by atoms with Gasteiger partial charge in [-0.15, -0.1) is 0 Å². The van der Waals surface area contributed by atoms with Gasteiger partial charge in [-0.25, -0.2) is 0 Å². The van der Waals surface area contributed by atoms with Crippen molar-refractivity contribution in [2.75, 3.05) is 33.8 Å². The minimum absolute atomic E-state index is 0.107. The third-order valence-electron chi connectivity index (χ3n) is 8.13. The molecule has 31 heavy (non-hydrogen) atoms. The number of methoxy groups -OCH3 is 1. The van der Waals surface area contributed by atoms with Gasteiger partial charge in [0.05, 0.1) is 12.7 Å². The number of fused-ring (bicyclic) bond motifs is 1. The average molecular weight is 429 g/mol. The van der Waals surface area contributed by atoms with Crippen LogP contribution in [0.15, 0.2) is 18.2 Å². The number of hydrogen-bond donors (Lipinski definition) is 1. The summed E-state index contributed by atoms with van der Waals surface area (Å²) in [6.07, 6.45) is 6.92. The molecule has 3 fully saturated rings. The second kappa shape index (κ2) is 8.55. The molecule has 0 aromatic heterocycles. The van der Waals surface area contributed by atoms with Crippen molar-refractivity contribution >= 4 is 11.7 Å². The number of ether oxygens (including phenoxy) is 1. The summed E-state index contributed by atoms with van der Waals surface area (Å²) >= 11 is 0. The maximum atomic E-state index is 12.2. The van der Waals surface area contributed by atoms with E-state index in [9.17, 15) is 14.7 Å². The lowest BCUT2D eigenvalue weighted by Crippen LogP contribution is -2.72. The van der Waals surface area contributed by atoms with Crippen molar-refractivity contribution in [1.29, 1.82) is 0 Å². The van der Waals surface area contributed by atoms with E-state index in [1.165, 1.54) is 24.8 Å². The van der Waals surface area contributed by atoms with Crippen LogP contribution < -0.4 is 4.74 Å². The topological polar surface area (TPSA) is 70.1 Å². The molecule has 1 aromatic carbocycles. The minimum Gasteiger partial charge on any atom is -0.497 e. The van der Waals surface area contributed by atoms with Gasteiger partial charge >= 0.3 is 0 Å². The van der Waals surface area contributed by atoms with Crippen molar-refractivity contribution < 1.29 is 19.4 Å². The van der Waals surface area contributed by atoms with Gasteiger partial charge in [0.2, 0.25) is 5.91 Å². The van der Waals surface area contributed by atoms with Crippen molar-refractivity contribution in [2.45, 2.75) is 75.3 Å². The molecule has 5 rings (SSSR count). The van der Waals surface area contributed by atoms with Crippen molar-refractivity contribution in [3.63, 3.8) is 0 Å². The van der Waals surface area contributed by atoms with E-state index in [4.69, 9.17) is 4.74 Å². The van der Waals surface area contributed by atoms with E-state index in [-0.39, 0.29) is 17.7 Å². The number of benzene rings is 1. The number of hydrogen-bond acceptors (Lipinski definition) is 5. The third-order valence-corrected chi connectivity index (χ3v) is 8.13. The van der Waals surface area contributed by atoms with Crippen LogP contribution in [0.5, 0.6) is 5.75 Å². The quantitative estimate of drug-likeness (QED) is 0.745. The average Bonchev–Trinajstić information content (AvgIpc) is 2.77. The molecule has 2 aliphatic carbocycles. The van der Waals surface area contributed by atoms with E-state index in [0.29, 0.717) is 19.3 Å². The molecule has 2 aliphatic heterocycles. The standard InChI is InChI=1S/C18H23NO3.C7H13NO/c1-19-8-7-17-11-13(20)5-6-18(17,21)16(19)9-12-3-4-14(22-2)10-15(12)17;1-7(9)8-5-3-2-4-6-8/h3-4,10,16,21H,5-9,11H2,1-2H3;2-6H2,1H3/t16?,17-,18?;/m1./s1. The number of piperidine rings is 2. The van der Waals surface area contributed by atoms with Gasteiger partial charge in [0.15, 0.2) is 0 Å². The summed E-state index contributed by atoms with van der Waals surface area (Å²) in [5, 5.41) is 11.6. The van der Waals surface area contributed by atoms with Crippen molar-refractivity contribution in [2.24, 2.45) is 0 Å². The zero-order valence-electron chi connectivity index (χ0n) is 19.2. The van der Waals surface area contributed by atoms with Gasteiger partial charge in [-0.3, -0.25) is 9.59 Å². The van der Waals surface area contributed by atoms with Crippen LogP contribution in [0.3, 0.4) is 0 Å². The highest BCUT2D eigenvalue weighted by Gasteiger charge is 2.64. The Morgan fingerprint density at radius 3 is 2.55 bits per heavy atom. The second-order valence-electron chi connectivity index (χ2n) is 9.76. The summed E-state index contributed by atoms with van der Waals surface area (Å²) in [5.41, 5.74) is 1.18. The molecule has 6 nitrogen and oxygen atoms in total. The summed E-state index contributed by atoms with van der Waals surface area (Å²) in [7, 11) is 3.76. The lowest BCUT2D eigenvalue weighted by atomic mass is 9.49. The predicted octanol–water partition coefficient (Wildman–Crippen LogP) is 2.70. The molecule has 0 radical (unpaired) electrons. The van der Waals surface area contributed by atoms with Crippen LogP contribution in [-0.2, 0) is 21.4 Å². The number of amides is 1. The first-order valence-electron chi connectivity index (χ1n) is 11.7. The fraction of sp³-hybridized carbons (Fsp3) is 0.680. The Morgan fingerprint density at radius 2 is 1.90 bits per heavy atom. The summed E-state index contributed by atoms with van der Waals surface area (Å²) in [5.74, 6) is 1.32. The maximum Gasteiger partial charge on any atom is 0.219 e. The second-order valence-corrected chi connectivity index (χ2v) is 9.76. The first kappa shape index (κ1) is 22.3. The fourth-order valence-corrected chi connectivity index (χ4v) is 6.34. The number of likely N-dealkylation sites (tertiary alicyclic amines) is 2. The van der Waals surface area contributed by atoms with Gasteiger partial charge in [0.25, 0.3) is 0 Å². The van der Waals surface area contributed by atoms with E-state index < -0.39 is 11.0 Å². The van der Waals surface area contributed by atoms with E-state index >= 15 is 0 Å². The zero-order chi connectivity index (χ0) is 22.2. The summed E-state index contributed by atoms with van der Waals surface area (Å²) < 4.78 is 5.40. The van der Waals surface area contributed by atoms with Gasteiger partial charge in [0, 0.05) is 44.3 Å². The van der Waals surface area contributed by atoms with Crippen LogP contribution in [0.25, 0.3) is 0 Å². The third kappa shape index (κ3) is 3.78. The molecular formula is C25H36N2O4. The van der Waals surface area contributed by atoms with E-state index in [1.807, 2.05) is 11.0 Å². The molecule has 0 spiro atoms. The number of ketones is 1. The summed E-state index contributed by atoms with van der Waals surface area (Å²) in [6.45, 7) is 4.53. The number of aliphatic hydroxyl groups is 1. The summed E-state index contributed by atoms with van der Waals surface area (Å²) in [4.78, 5) is 27.2. The molecule has 6 heteroatoms. The molecule has 2 unspecified atom stereocenters. The highest BCUT2D eigenvalue weighted by molar-refractivity contribution is 5.82. The molecule has 1 saturated carbocycles. The molecule has 2 bridgehead atoms. The largest absolute Gasteiger partial charge is 0.497 e. The molecule has 1 amide bonds. The highest BCUT2D eigenvalue weighted by atomic mass is 16.5. The first-order valence-corrected chi connectivity index (χ1v) is 11.7. The predicted molar refractivity (Wildman–Crippen MR) is 119 cm³/mol. The van der Waals surface area contributed by atoms with Crippen LogP contribution in [0, 0.1) is 0 Å². The van der Waals surface area contributed by atoms with Crippen LogP contribution in [0.2, 0.25) is 0 Å². The number of Topliss-reactive ketones (excluding diaryl/α,β-unsaturated/α-hetero) is 1. The monoisotopic (exact) mass is 428 g/mol. The number of carbonyl (C=O) groups is 2. The lowest BCUT2D eigenvalue weighted by molar-refractivity contribution is -0.168. The van der Waals surface area contributed by atoms with Crippen LogP contribution >= 0.6 is 0 Å². The Kier molecular flexibility index (Phi) is 6.14. The molecular weight excluding hydrogens is 392 g/mol. The van der Waals surface area contributed by atoms with Crippen LogP contribution in [-0.4, -0.2) is 72.0 Å². The Morgan fingerprint density at radius 1 is 1.16 bits per heavy atom. The number of rotatable bonds is 1. The minimum atomic E-state index is -0.798. The number of carbonyl (C=O) groups excluding carboxylic acids is 2. The van der Waals surface area contributed by atoms with Crippen LogP contribution in [0.4, 0.5) is 0 Å². The molecule has 2 heterocycles. The van der Waals surface area contributed by atoms with Gasteiger partial charge < -0.3 is 19.6 Å². The maximum absolute atomic E-state index is 12.2. The van der Waals surface area contributed by atoms with Crippen molar-refractivity contribution in [3.05, 3.63) is 29.3 Å². The van der Waals surface area contributed by atoms with Gasteiger partial charge in [0.1, 0.15) is 11.5 Å². The molecule has 1 aromatic rings. The molecule has 1 N–H and O–H groups in total. The Balaban J connectivity index is 0.000000217. The van der Waals surface area contributed by atoms with Gasteiger partial charge in [-0.05, 0) is 75.4 Å². The van der Waals surface area contributed by atoms with Gasteiger partial charge in [-0.2, -0.15) is 0 Å². The highest BCUT2D eigenvalue weighted by Crippen LogP contribution is 2.57. The fourth-order valence-electron chi connectivity index (χ4n) is 6.34. The zero-order valence-corrected chi connectivity index (χ0v) is 19.2. The van der Waals surface area contributed by atoms with Crippen molar-refractivity contribution in [1.82, 2.24) is 9.80 Å².